The topological polar surface area (TPSA) is 130 Å². The maximum atomic E-state index is 10.8. The van der Waals surface area contributed by atoms with Crippen LogP contribution in [-0.2, 0) is 9.59 Å². The minimum atomic E-state index is -1.05. The highest BCUT2D eigenvalue weighted by Gasteiger charge is 2.13. The molecule has 0 unspecified atom stereocenters. The SMILES string of the molecule is C[C@H](N)C(=O)NNC(=O)[C@@H](N)CO. The summed E-state index contributed by atoms with van der Waals surface area (Å²) >= 11 is 0. The van der Waals surface area contributed by atoms with E-state index in [0.29, 0.717) is 0 Å². The van der Waals surface area contributed by atoms with E-state index in [9.17, 15) is 9.59 Å². The minimum absolute atomic E-state index is 0.486. The van der Waals surface area contributed by atoms with Crippen LogP contribution in [0.4, 0.5) is 0 Å². The maximum Gasteiger partial charge on any atom is 0.257 e. The molecule has 0 radical (unpaired) electrons. The van der Waals surface area contributed by atoms with E-state index in [1.54, 1.807) is 0 Å². The van der Waals surface area contributed by atoms with Gasteiger partial charge in [0, 0.05) is 0 Å². The van der Waals surface area contributed by atoms with Crippen molar-refractivity contribution in [3.63, 3.8) is 0 Å². The van der Waals surface area contributed by atoms with Gasteiger partial charge in [0.15, 0.2) is 0 Å². The fraction of sp³-hybridized carbons (Fsp3) is 0.667. The van der Waals surface area contributed by atoms with Crippen molar-refractivity contribution >= 4 is 11.8 Å². The molecule has 0 bridgehead atoms. The van der Waals surface area contributed by atoms with Crippen molar-refractivity contribution in [3.05, 3.63) is 0 Å². The van der Waals surface area contributed by atoms with Crippen molar-refractivity contribution < 1.29 is 14.7 Å². The molecule has 0 aliphatic carbocycles. The molecular formula is C6H14N4O3. The average Bonchev–Trinajstić information content (AvgIpc) is 2.11. The van der Waals surface area contributed by atoms with Crippen LogP contribution in [0.2, 0.25) is 0 Å². The predicted molar refractivity (Wildman–Crippen MR) is 45.0 cm³/mol. The molecular weight excluding hydrogens is 176 g/mol. The molecule has 0 rings (SSSR count). The number of aliphatic hydroxyl groups excluding tert-OH is 1. The fourth-order valence-electron chi connectivity index (χ4n) is 0.413. The zero-order valence-electron chi connectivity index (χ0n) is 7.28. The molecule has 7 nitrogen and oxygen atoms in total. The molecule has 2 atom stereocenters. The lowest BCUT2D eigenvalue weighted by Crippen LogP contribution is -2.53. The molecule has 0 spiro atoms. The number of carbonyl (C=O) groups excluding carboxylic acids is 2. The van der Waals surface area contributed by atoms with Crippen LogP contribution < -0.4 is 22.3 Å². The third kappa shape index (κ3) is 4.41. The lowest BCUT2D eigenvalue weighted by atomic mass is 10.3. The van der Waals surface area contributed by atoms with Crippen molar-refractivity contribution in [2.24, 2.45) is 11.5 Å². The Morgan fingerprint density at radius 2 is 1.77 bits per heavy atom. The molecule has 2 amide bonds. The van der Waals surface area contributed by atoms with Gasteiger partial charge in [0.25, 0.3) is 11.8 Å². The highest BCUT2D eigenvalue weighted by Crippen LogP contribution is 1.75. The van der Waals surface area contributed by atoms with Crippen LogP contribution in [-0.4, -0.2) is 35.6 Å². The molecule has 0 saturated heterocycles. The van der Waals surface area contributed by atoms with Gasteiger partial charge in [-0.1, -0.05) is 0 Å². The zero-order chi connectivity index (χ0) is 10.4. The van der Waals surface area contributed by atoms with Crippen molar-refractivity contribution in [2.75, 3.05) is 6.61 Å². The summed E-state index contributed by atoms with van der Waals surface area (Å²) in [7, 11) is 0. The van der Waals surface area contributed by atoms with Crippen LogP contribution in [0.1, 0.15) is 6.92 Å². The van der Waals surface area contributed by atoms with Gasteiger partial charge in [-0.25, -0.2) is 0 Å². The van der Waals surface area contributed by atoms with Gasteiger partial charge in [0.2, 0.25) is 0 Å². The minimum Gasteiger partial charge on any atom is -0.394 e. The quantitative estimate of drug-likeness (QED) is 0.299. The second-order valence-corrected chi connectivity index (χ2v) is 2.56. The Balaban J connectivity index is 3.77. The first-order valence-corrected chi connectivity index (χ1v) is 3.70. The molecule has 0 fully saturated rings. The first kappa shape index (κ1) is 11.8. The molecule has 0 heterocycles. The van der Waals surface area contributed by atoms with Crippen LogP contribution in [0.25, 0.3) is 0 Å². The summed E-state index contributed by atoms with van der Waals surface area (Å²) in [5.41, 5.74) is 14.4. The summed E-state index contributed by atoms with van der Waals surface area (Å²) in [5, 5.41) is 8.46. The first-order valence-electron chi connectivity index (χ1n) is 3.70. The van der Waals surface area contributed by atoms with Gasteiger partial charge in [-0.05, 0) is 6.92 Å². The maximum absolute atomic E-state index is 10.8. The Morgan fingerprint density at radius 1 is 1.31 bits per heavy atom. The van der Waals surface area contributed by atoms with E-state index in [0.717, 1.165) is 0 Å². The van der Waals surface area contributed by atoms with E-state index in [1.165, 1.54) is 6.92 Å². The van der Waals surface area contributed by atoms with Gasteiger partial charge in [0.1, 0.15) is 6.04 Å². The lowest BCUT2D eigenvalue weighted by molar-refractivity contribution is -0.130. The van der Waals surface area contributed by atoms with E-state index in [4.69, 9.17) is 16.6 Å². The second kappa shape index (κ2) is 5.46. The Hall–Kier alpha value is -1.18. The fourth-order valence-corrected chi connectivity index (χ4v) is 0.413. The second-order valence-electron chi connectivity index (χ2n) is 2.56. The molecule has 0 aromatic carbocycles. The number of aliphatic hydroxyl groups is 1. The molecule has 13 heavy (non-hydrogen) atoms. The molecule has 0 aliphatic heterocycles. The summed E-state index contributed by atoms with van der Waals surface area (Å²) in [6.45, 7) is 0.980. The van der Waals surface area contributed by atoms with E-state index in [2.05, 4.69) is 0 Å². The largest absolute Gasteiger partial charge is 0.394 e. The number of hydrazine groups is 1. The van der Waals surface area contributed by atoms with Crippen LogP contribution in [0.3, 0.4) is 0 Å². The Bertz CT molecular complexity index is 194. The Kier molecular flexibility index (Phi) is 4.97. The predicted octanol–water partition coefficient (Wildman–Crippen LogP) is -3.20. The van der Waals surface area contributed by atoms with Gasteiger partial charge in [-0.15, -0.1) is 0 Å². The van der Waals surface area contributed by atoms with Gasteiger partial charge >= 0.3 is 0 Å². The summed E-state index contributed by atoms with van der Waals surface area (Å²) in [5.74, 6) is -1.20. The van der Waals surface area contributed by atoms with E-state index < -0.39 is 30.5 Å². The number of nitrogens with one attached hydrogen (secondary N) is 2. The van der Waals surface area contributed by atoms with Gasteiger partial charge in [-0.2, -0.15) is 0 Å². The highest BCUT2D eigenvalue weighted by atomic mass is 16.3. The number of rotatable bonds is 3. The summed E-state index contributed by atoms with van der Waals surface area (Å²) in [6.07, 6.45) is 0. The molecule has 0 aromatic rings. The highest BCUT2D eigenvalue weighted by molar-refractivity contribution is 5.86. The zero-order valence-corrected chi connectivity index (χ0v) is 7.28. The first-order chi connectivity index (χ1) is 5.99. The number of carbonyl (C=O) groups is 2. The Labute approximate surface area is 75.4 Å². The molecule has 7 heteroatoms. The number of hydrogen-bond donors (Lipinski definition) is 5. The monoisotopic (exact) mass is 190 g/mol. The number of amides is 2. The van der Waals surface area contributed by atoms with Crippen molar-refractivity contribution in [3.8, 4) is 0 Å². The van der Waals surface area contributed by atoms with Crippen molar-refractivity contribution in [1.29, 1.82) is 0 Å². The van der Waals surface area contributed by atoms with Crippen LogP contribution in [0.5, 0.6) is 0 Å². The van der Waals surface area contributed by atoms with Crippen molar-refractivity contribution in [1.82, 2.24) is 10.9 Å². The summed E-state index contributed by atoms with van der Waals surface area (Å²) in [4.78, 5) is 21.7. The van der Waals surface area contributed by atoms with Crippen molar-refractivity contribution in [2.45, 2.75) is 19.0 Å². The average molecular weight is 190 g/mol. The van der Waals surface area contributed by atoms with Gasteiger partial charge in [-0.3, -0.25) is 20.4 Å². The summed E-state index contributed by atoms with van der Waals surface area (Å²) < 4.78 is 0. The van der Waals surface area contributed by atoms with Crippen LogP contribution in [0.15, 0.2) is 0 Å². The van der Waals surface area contributed by atoms with Crippen LogP contribution >= 0.6 is 0 Å². The van der Waals surface area contributed by atoms with E-state index >= 15 is 0 Å². The van der Waals surface area contributed by atoms with Gasteiger partial charge in [0.05, 0.1) is 12.6 Å². The molecule has 0 aliphatic rings. The molecule has 76 valence electrons. The Morgan fingerprint density at radius 3 is 2.15 bits per heavy atom. The lowest BCUT2D eigenvalue weighted by Gasteiger charge is -2.11. The van der Waals surface area contributed by atoms with E-state index in [-0.39, 0.29) is 0 Å². The molecule has 7 N–H and O–H groups in total. The standard InChI is InChI=1S/C6H14N4O3/c1-3(7)5(12)9-10-6(13)4(8)2-11/h3-4,11H,2,7-8H2,1H3,(H,9,12)(H,10,13)/t3-,4-/m0/s1. The number of nitrogens with two attached hydrogens (primary N) is 2. The number of hydrogen-bond acceptors (Lipinski definition) is 5. The van der Waals surface area contributed by atoms with Gasteiger partial charge < -0.3 is 16.6 Å². The van der Waals surface area contributed by atoms with E-state index in [1.807, 2.05) is 10.9 Å². The molecule has 0 aromatic heterocycles. The molecule has 0 saturated carbocycles. The third-order valence-electron chi connectivity index (χ3n) is 1.26. The third-order valence-corrected chi connectivity index (χ3v) is 1.26. The normalized spacial score (nSPS) is 14.5. The van der Waals surface area contributed by atoms with Crippen LogP contribution in [0, 0.1) is 0 Å². The smallest absolute Gasteiger partial charge is 0.257 e. The summed E-state index contributed by atoms with van der Waals surface area (Å²) in [6, 6.07) is -1.76.